The number of hydrogen-bond donors (Lipinski definition) is 3. The van der Waals surface area contributed by atoms with Gasteiger partial charge in [-0.05, 0) is 65.3 Å². The van der Waals surface area contributed by atoms with Crippen molar-refractivity contribution < 1.29 is 26.7 Å². The van der Waals surface area contributed by atoms with Gasteiger partial charge in [0.1, 0.15) is 5.82 Å². The number of aliphatic hydroxyl groups excluding tert-OH is 1. The quantitative estimate of drug-likeness (QED) is 0.518. The van der Waals surface area contributed by atoms with Crippen molar-refractivity contribution in [3.8, 4) is 0 Å². The van der Waals surface area contributed by atoms with Gasteiger partial charge in [-0.2, -0.15) is 0 Å². The van der Waals surface area contributed by atoms with Crippen molar-refractivity contribution in [3.63, 3.8) is 0 Å². The molecule has 0 aliphatic heterocycles. The molecule has 146 valence electrons. The van der Waals surface area contributed by atoms with E-state index >= 15 is 0 Å². The van der Waals surface area contributed by atoms with E-state index in [1.807, 2.05) is 22.6 Å². The van der Waals surface area contributed by atoms with Gasteiger partial charge in [0.25, 0.3) is 0 Å². The van der Waals surface area contributed by atoms with Gasteiger partial charge in [0.15, 0.2) is 11.6 Å². The van der Waals surface area contributed by atoms with Crippen molar-refractivity contribution in [3.05, 3.63) is 56.9 Å². The number of anilines is 2. The van der Waals surface area contributed by atoms with E-state index in [-0.39, 0.29) is 29.8 Å². The van der Waals surface area contributed by atoms with Crippen LogP contribution in [0.3, 0.4) is 0 Å². The highest BCUT2D eigenvalue weighted by atomic mass is 127. The Balaban J connectivity index is 2.07. The highest BCUT2D eigenvalue weighted by molar-refractivity contribution is 14.1. The molecule has 1 fully saturated rings. The fraction of sp³-hybridized carbons (Fsp3) is 0.294. The lowest BCUT2D eigenvalue weighted by Gasteiger charge is -2.18. The molecule has 5 nitrogen and oxygen atoms in total. The van der Waals surface area contributed by atoms with E-state index in [4.69, 9.17) is 5.14 Å². The molecule has 10 heteroatoms. The fourth-order valence-corrected chi connectivity index (χ4v) is 5.06. The van der Waals surface area contributed by atoms with Crippen LogP contribution in [0.25, 0.3) is 0 Å². The van der Waals surface area contributed by atoms with Gasteiger partial charge < -0.3 is 10.4 Å². The van der Waals surface area contributed by atoms with Crippen molar-refractivity contribution in [2.24, 2.45) is 5.14 Å². The molecule has 2 atom stereocenters. The summed E-state index contributed by atoms with van der Waals surface area (Å²) in [5, 5.41) is 17.1. The smallest absolute Gasteiger partial charge is 0.215 e. The minimum Gasteiger partial charge on any atom is -0.396 e. The Morgan fingerprint density at radius 1 is 1.22 bits per heavy atom. The number of halogens is 4. The normalized spacial score (nSPS) is 21.9. The molecule has 27 heavy (non-hydrogen) atoms. The lowest BCUT2D eigenvalue weighted by Crippen LogP contribution is -2.33. The SMILES string of the molecule is NS(=O)(=O)C1(CCO)CC1c1ccc(F)c(F)c1Nc1ccc(I)cc1F. The predicted octanol–water partition coefficient (Wildman–Crippen LogP) is 3.35. The molecule has 1 saturated carbocycles. The summed E-state index contributed by atoms with van der Waals surface area (Å²) in [6.07, 6.45) is -0.0753. The van der Waals surface area contributed by atoms with E-state index in [1.165, 1.54) is 18.2 Å². The fourth-order valence-electron chi connectivity index (χ4n) is 3.31. The molecule has 4 N–H and O–H groups in total. The standard InChI is InChI=1S/C17H16F3IN2O3S/c18-12-3-2-10(11-8-17(11,5-6-24)27(22,25)26)16(15(12)20)23-14-4-1-9(21)7-13(14)19/h1-4,7,11,23-24H,5-6,8H2,(H2,22,25,26). The molecule has 0 spiro atoms. The number of sulfonamides is 1. The topological polar surface area (TPSA) is 92.4 Å². The molecule has 0 bridgehead atoms. The predicted molar refractivity (Wildman–Crippen MR) is 104 cm³/mol. The summed E-state index contributed by atoms with van der Waals surface area (Å²) >= 11 is 1.91. The van der Waals surface area contributed by atoms with Gasteiger partial charge in [0, 0.05) is 16.1 Å². The third kappa shape index (κ3) is 3.67. The second-order valence-corrected chi connectivity index (χ2v) is 9.56. The lowest BCUT2D eigenvalue weighted by atomic mass is 10.0. The first kappa shape index (κ1) is 20.4. The summed E-state index contributed by atoms with van der Waals surface area (Å²) in [5.74, 6) is -3.81. The van der Waals surface area contributed by atoms with Crippen LogP contribution in [0.1, 0.15) is 24.3 Å². The Bertz CT molecular complexity index is 1000. The average Bonchev–Trinajstić information content (AvgIpc) is 3.30. The Morgan fingerprint density at radius 3 is 2.52 bits per heavy atom. The molecule has 2 aromatic carbocycles. The summed E-state index contributed by atoms with van der Waals surface area (Å²) in [7, 11) is -4.06. The molecule has 2 unspecified atom stereocenters. The zero-order valence-electron chi connectivity index (χ0n) is 13.8. The van der Waals surface area contributed by atoms with Crippen LogP contribution in [0.4, 0.5) is 24.5 Å². The van der Waals surface area contributed by atoms with Gasteiger partial charge in [-0.3, -0.25) is 0 Å². The van der Waals surface area contributed by atoms with Crippen molar-refractivity contribution in [1.29, 1.82) is 0 Å². The van der Waals surface area contributed by atoms with Gasteiger partial charge in [-0.25, -0.2) is 26.7 Å². The molecule has 1 aliphatic carbocycles. The number of primary sulfonamides is 1. The summed E-state index contributed by atoms with van der Waals surface area (Å²) in [6, 6.07) is 6.31. The van der Waals surface area contributed by atoms with Gasteiger partial charge in [0.05, 0.1) is 16.1 Å². The van der Waals surface area contributed by atoms with Crippen LogP contribution >= 0.6 is 22.6 Å². The van der Waals surface area contributed by atoms with E-state index in [0.717, 1.165) is 6.07 Å². The number of benzene rings is 2. The zero-order valence-corrected chi connectivity index (χ0v) is 16.8. The summed E-state index contributed by atoms with van der Waals surface area (Å²) in [4.78, 5) is 0. The Hall–Kier alpha value is -1.37. The summed E-state index contributed by atoms with van der Waals surface area (Å²) in [5.41, 5.74) is -0.261. The van der Waals surface area contributed by atoms with E-state index in [1.54, 1.807) is 6.07 Å². The largest absolute Gasteiger partial charge is 0.396 e. The number of nitrogens with one attached hydrogen (secondary N) is 1. The molecular weight excluding hydrogens is 496 g/mol. The van der Waals surface area contributed by atoms with Crippen LogP contribution in [-0.2, 0) is 10.0 Å². The molecule has 3 rings (SSSR count). The average molecular weight is 512 g/mol. The second kappa shape index (κ2) is 7.22. The van der Waals surface area contributed by atoms with Crippen LogP contribution in [0, 0.1) is 21.0 Å². The summed E-state index contributed by atoms with van der Waals surface area (Å²) in [6.45, 7) is -0.425. The molecule has 0 amide bonds. The van der Waals surface area contributed by atoms with Crippen LogP contribution in [0.5, 0.6) is 0 Å². The van der Waals surface area contributed by atoms with Gasteiger partial charge in [-0.1, -0.05) is 6.07 Å². The Labute approximate surface area is 168 Å². The zero-order chi connectivity index (χ0) is 20.0. The lowest BCUT2D eigenvalue weighted by molar-refractivity contribution is 0.281. The number of hydrogen-bond acceptors (Lipinski definition) is 4. The monoisotopic (exact) mass is 512 g/mol. The molecule has 2 aromatic rings. The second-order valence-electron chi connectivity index (χ2n) is 6.41. The number of nitrogens with two attached hydrogens (primary N) is 1. The van der Waals surface area contributed by atoms with Gasteiger partial charge >= 0.3 is 0 Å². The number of aliphatic hydroxyl groups is 1. The molecular formula is C17H16F3IN2O3S. The third-order valence-corrected chi connectivity index (χ3v) is 7.28. The first-order chi connectivity index (χ1) is 12.6. The van der Waals surface area contributed by atoms with Crippen LogP contribution in [0.15, 0.2) is 30.3 Å². The third-order valence-electron chi connectivity index (χ3n) is 4.82. The van der Waals surface area contributed by atoms with Crippen LogP contribution in [-0.4, -0.2) is 24.9 Å². The number of rotatable bonds is 6. The highest BCUT2D eigenvalue weighted by Crippen LogP contribution is 2.60. The van der Waals surface area contributed by atoms with Crippen molar-refractivity contribution in [1.82, 2.24) is 0 Å². The van der Waals surface area contributed by atoms with Gasteiger partial charge in [0.2, 0.25) is 10.0 Å². The minimum absolute atomic E-state index is 0.0569. The van der Waals surface area contributed by atoms with E-state index < -0.39 is 44.7 Å². The van der Waals surface area contributed by atoms with E-state index in [9.17, 15) is 26.7 Å². The highest BCUT2D eigenvalue weighted by Gasteiger charge is 2.63. The van der Waals surface area contributed by atoms with Crippen molar-refractivity contribution >= 4 is 44.0 Å². The first-order valence-electron chi connectivity index (χ1n) is 7.94. The minimum atomic E-state index is -4.06. The molecule has 0 aromatic heterocycles. The Morgan fingerprint density at radius 2 is 1.93 bits per heavy atom. The maximum Gasteiger partial charge on any atom is 0.215 e. The molecule has 0 heterocycles. The molecule has 0 radical (unpaired) electrons. The summed E-state index contributed by atoms with van der Waals surface area (Å²) < 4.78 is 65.6. The maximum absolute atomic E-state index is 14.5. The maximum atomic E-state index is 14.5. The molecule has 1 aliphatic rings. The van der Waals surface area contributed by atoms with E-state index in [0.29, 0.717) is 3.57 Å². The van der Waals surface area contributed by atoms with Gasteiger partial charge in [-0.15, -0.1) is 0 Å². The first-order valence-corrected chi connectivity index (χ1v) is 10.6. The molecule has 0 saturated heterocycles. The van der Waals surface area contributed by atoms with Crippen molar-refractivity contribution in [2.75, 3.05) is 11.9 Å². The Kier molecular flexibility index (Phi) is 5.45. The van der Waals surface area contributed by atoms with Crippen LogP contribution in [0.2, 0.25) is 0 Å². The van der Waals surface area contributed by atoms with Crippen molar-refractivity contribution in [2.45, 2.75) is 23.5 Å². The van der Waals surface area contributed by atoms with E-state index in [2.05, 4.69) is 5.32 Å². The van der Waals surface area contributed by atoms with Crippen LogP contribution < -0.4 is 10.5 Å².